The summed E-state index contributed by atoms with van der Waals surface area (Å²) >= 11 is 0. The topological polar surface area (TPSA) is 52.6 Å². The zero-order valence-electron chi connectivity index (χ0n) is 44.3. The van der Waals surface area contributed by atoms with Crippen LogP contribution in [0.4, 0.5) is 0 Å². The van der Waals surface area contributed by atoms with Gasteiger partial charge in [0.25, 0.3) is 0 Å². The summed E-state index contributed by atoms with van der Waals surface area (Å²) in [6, 6.07) is 30.9. The number of esters is 2. The molecule has 0 bridgehead atoms. The van der Waals surface area contributed by atoms with Gasteiger partial charge in [0.1, 0.15) is 11.5 Å². The largest absolute Gasteiger partial charge is 0.425 e. The molecule has 4 nitrogen and oxygen atoms in total. The predicted molar refractivity (Wildman–Crippen MR) is 302 cm³/mol. The number of carbonyl (C=O) groups is 2. The summed E-state index contributed by atoms with van der Waals surface area (Å²) in [5.74, 6) is 1.01. The summed E-state index contributed by atoms with van der Waals surface area (Å²) in [5, 5.41) is 8.13. The number of unbranched alkanes of at least 4 members (excludes halogenated alkanes) is 24. The van der Waals surface area contributed by atoms with E-state index in [-0.39, 0.29) is 11.9 Å². The Morgan fingerprint density at radius 2 is 0.600 bits per heavy atom. The van der Waals surface area contributed by atoms with Crippen LogP contribution in [0.1, 0.15) is 231 Å². The van der Waals surface area contributed by atoms with Crippen LogP contribution in [0.2, 0.25) is 0 Å². The maximum Gasteiger partial charge on any atom is 0.311 e. The molecule has 0 amide bonds. The standard InChI is InChI=1S/C66H90O4/c1-5-9-13-17-19-21-23-27-31-43-61(67)69-65-55-41-35-33-39-53(55)63(59-49-51(45-47-57(59)65)37-29-25-15-11-7-3)64-54-40-34-36-42-56(54)66(70-62(68)44-32-28-24-22-20-18-14-10-6-2)58-48-46-52(50-60(58)64)38-30-26-16-12-8-4/h33-36,39-42,45-50H,5-32,37-38,43-44H2,1-4H3. The maximum absolute atomic E-state index is 13.9. The van der Waals surface area contributed by atoms with E-state index in [1.807, 2.05) is 0 Å². The molecule has 70 heavy (non-hydrogen) atoms. The van der Waals surface area contributed by atoms with Crippen LogP contribution in [0.5, 0.6) is 11.5 Å². The average molecular weight is 947 g/mol. The lowest BCUT2D eigenvalue weighted by atomic mass is 9.84. The van der Waals surface area contributed by atoms with Crippen molar-refractivity contribution in [1.82, 2.24) is 0 Å². The number of benzene rings is 6. The third kappa shape index (κ3) is 16.2. The van der Waals surface area contributed by atoms with E-state index in [2.05, 4.69) is 113 Å². The van der Waals surface area contributed by atoms with Gasteiger partial charge in [-0.05, 0) is 82.3 Å². The van der Waals surface area contributed by atoms with Gasteiger partial charge in [-0.25, -0.2) is 0 Å². The fraction of sp³-hybridized carbons (Fsp3) is 0.545. The molecule has 6 rings (SSSR count). The second kappa shape index (κ2) is 30.9. The summed E-state index contributed by atoms with van der Waals surface area (Å²) in [6.07, 6.45) is 36.7. The van der Waals surface area contributed by atoms with E-state index in [0.717, 1.165) is 106 Å². The van der Waals surface area contributed by atoms with Crippen LogP contribution in [0.3, 0.4) is 0 Å². The second-order valence-corrected chi connectivity index (χ2v) is 20.7. The lowest BCUT2D eigenvalue weighted by Crippen LogP contribution is -2.09. The number of fused-ring (bicyclic) bond motifs is 4. The third-order valence-electron chi connectivity index (χ3n) is 14.9. The van der Waals surface area contributed by atoms with Gasteiger partial charge in [0.2, 0.25) is 0 Å². The van der Waals surface area contributed by atoms with Gasteiger partial charge in [0, 0.05) is 34.4 Å². The Balaban J connectivity index is 1.43. The first kappa shape index (κ1) is 54.6. The van der Waals surface area contributed by atoms with Crippen LogP contribution < -0.4 is 9.47 Å². The Morgan fingerprint density at radius 3 is 0.943 bits per heavy atom. The molecular formula is C66H90O4. The average Bonchev–Trinajstić information content (AvgIpc) is 3.38. The van der Waals surface area contributed by atoms with Gasteiger partial charge < -0.3 is 9.47 Å². The fourth-order valence-corrected chi connectivity index (χ4v) is 10.8. The van der Waals surface area contributed by atoms with Gasteiger partial charge >= 0.3 is 11.9 Å². The first-order chi connectivity index (χ1) is 34.5. The highest BCUT2D eigenvalue weighted by Crippen LogP contribution is 2.50. The molecule has 0 saturated carbocycles. The minimum Gasteiger partial charge on any atom is -0.425 e. The second-order valence-electron chi connectivity index (χ2n) is 20.7. The number of carbonyl (C=O) groups excluding carboxylic acids is 2. The van der Waals surface area contributed by atoms with E-state index in [9.17, 15) is 9.59 Å². The fourth-order valence-electron chi connectivity index (χ4n) is 10.8. The van der Waals surface area contributed by atoms with Gasteiger partial charge in [0.05, 0.1) is 0 Å². The van der Waals surface area contributed by atoms with Gasteiger partial charge in [-0.2, -0.15) is 0 Å². The maximum atomic E-state index is 13.9. The summed E-state index contributed by atoms with van der Waals surface area (Å²) in [4.78, 5) is 27.8. The zero-order valence-corrected chi connectivity index (χ0v) is 44.3. The van der Waals surface area contributed by atoms with Crippen molar-refractivity contribution in [2.24, 2.45) is 0 Å². The summed E-state index contributed by atoms with van der Waals surface area (Å²) in [5.41, 5.74) is 4.89. The van der Waals surface area contributed by atoms with Crippen molar-refractivity contribution in [1.29, 1.82) is 0 Å². The summed E-state index contributed by atoms with van der Waals surface area (Å²) in [7, 11) is 0. The van der Waals surface area contributed by atoms with Crippen molar-refractivity contribution in [2.75, 3.05) is 0 Å². The Bertz CT molecular complexity index is 2340. The highest BCUT2D eigenvalue weighted by atomic mass is 16.5. The third-order valence-corrected chi connectivity index (χ3v) is 14.9. The van der Waals surface area contributed by atoms with Crippen LogP contribution in [-0.4, -0.2) is 11.9 Å². The Morgan fingerprint density at radius 1 is 0.314 bits per heavy atom. The van der Waals surface area contributed by atoms with E-state index < -0.39 is 0 Å². The Hall–Kier alpha value is -4.70. The lowest BCUT2D eigenvalue weighted by molar-refractivity contribution is -0.135. The minimum absolute atomic E-state index is 0.157. The van der Waals surface area contributed by atoms with E-state index in [4.69, 9.17) is 9.47 Å². The predicted octanol–water partition coefficient (Wildman–Crippen LogP) is 20.6. The SMILES string of the molecule is CCCCCCCCCCCC(=O)Oc1c2ccccc2c(-c2c3ccccc3c(OC(=O)CCCCCCCCCCC)c3ccc(CCCCCCC)cc23)c2cc(CCCCCCC)ccc12. The Labute approximate surface area is 424 Å². The normalized spacial score (nSPS) is 11.7. The molecule has 378 valence electrons. The monoisotopic (exact) mass is 947 g/mol. The van der Waals surface area contributed by atoms with Crippen LogP contribution >= 0.6 is 0 Å². The van der Waals surface area contributed by atoms with Crippen LogP contribution in [0.25, 0.3) is 54.2 Å². The van der Waals surface area contributed by atoms with Gasteiger partial charge in [-0.3, -0.25) is 9.59 Å². The molecule has 0 N–H and O–H groups in total. The smallest absolute Gasteiger partial charge is 0.311 e. The zero-order chi connectivity index (χ0) is 49.2. The van der Waals surface area contributed by atoms with Gasteiger partial charge in [0.15, 0.2) is 0 Å². The quantitative estimate of drug-likeness (QED) is 0.0172. The number of rotatable bonds is 35. The Kier molecular flexibility index (Phi) is 24.1. The van der Waals surface area contributed by atoms with E-state index >= 15 is 0 Å². The van der Waals surface area contributed by atoms with Crippen molar-refractivity contribution in [3.05, 3.63) is 96.1 Å². The lowest BCUT2D eigenvalue weighted by Gasteiger charge is -2.22. The van der Waals surface area contributed by atoms with Gasteiger partial charge in [-0.15, -0.1) is 0 Å². The number of hydrogen-bond acceptors (Lipinski definition) is 4. The van der Waals surface area contributed by atoms with Crippen molar-refractivity contribution in [3.8, 4) is 22.6 Å². The van der Waals surface area contributed by atoms with E-state index in [0.29, 0.717) is 24.3 Å². The van der Waals surface area contributed by atoms with Crippen LogP contribution in [0, 0.1) is 0 Å². The summed E-state index contributed by atoms with van der Waals surface area (Å²) in [6.45, 7) is 9.08. The molecule has 0 aromatic heterocycles. The molecule has 4 heteroatoms. The van der Waals surface area contributed by atoms with Crippen molar-refractivity contribution in [2.45, 2.75) is 233 Å². The molecule has 6 aromatic rings. The molecule has 0 saturated heterocycles. The molecule has 0 spiro atoms. The van der Waals surface area contributed by atoms with Crippen LogP contribution in [-0.2, 0) is 22.4 Å². The number of hydrogen-bond donors (Lipinski definition) is 0. The molecule has 0 atom stereocenters. The molecular weight excluding hydrogens is 857 g/mol. The van der Waals surface area contributed by atoms with Gasteiger partial charge in [-0.1, -0.05) is 267 Å². The highest BCUT2D eigenvalue weighted by Gasteiger charge is 2.25. The van der Waals surface area contributed by atoms with Crippen LogP contribution in [0.15, 0.2) is 84.9 Å². The molecule has 0 aliphatic rings. The minimum atomic E-state index is -0.157. The molecule has 0 aliphatic heterocycles. The molecule has 6 aromatic carbocycles. The first-order valence-corrected chi connectivity index (χ1v) is 28.8. The van der Waals surface area contributed by atoms with E-state index in [1.54, 1.807) is 0 Å². The molecule has 0 aliphatic carbocycles. The molecule has 0 heterocycles. The molecule has 0 radical (unpaired) electrons. The number of aryl methyl sites for hydroxylation is 2. The van der Waals surface area contributed by atoms with Crippen molar-refractivity contribution < 1.29 is 19.1 Å². The summed E-state index contributed by atoms with van der Waals surface area (Å²) < 4.78 is 13.2. The first-order valence-electron chi connectivity index (χ1n) is 28.8. The van der Waals surface area contributed by atoms with E-state index in [1.165, 1.54) is 152 Å². The van der Waals surface area contributed by atoms with Crippen molar-refractivity contribution in [3.63, 3.8) is 0 Å². The van der Waals surface area contributed by atoms with Crippen molar-refractivity contribution >= 4 is 55.0 Å². The number of ether oxygens (including phenoxy) is 2. The molecule has 0 fully saturated rings. The highest BCUT2D eigenvalue weighted by molar-refractivity contribution is 6.27. The molecule has 0 unspecified atom stereocenters.